The second-order valence-corrected chi connectivity index (χ2v) is 16.7. The van der Waals surface area contributed by atoms with E-state index < -0.39 is 8.07 Å². The zero-order chi connectivity index (χ0) is 10.8. The summed E-state index contributed by atoms with van der Waals surface area (Å²) in [6.07, 6.45) is 5.54. The molecule has 0 aromatic rings. The van der Waals surface area contributed by atoms with E-state index in [0.29, 0.717) is 0 Å². The van der Waals surface area contributed by atoms with Gasteiger partial charge in [-0.15, -0.1) is 0 Å². The monoisotopic (exact) mass is 277 g/mol. The zero-order valence-corrected chi connectivity index (χ0v) is 13.1. The van der Waals surface area contributed by atoms with Gasteiger partial charge in [0.1, 0.15) is 0 Å². The molecule has 0 nitrogen and oxygen atoms in total. The van der Waals surface area contributed by atoms with Crippen LogP contribution in [0.3, 0.4) is 0 Å². The van der Waals surface area contributed by atoms with Crippen LogP contribution < -0.4 is 0 Å². The van der Waals surface area contributed by atoms with E-state index >= 15 is 0 Å². The van der Waals surface area contributed by atoms with Gasteiger partial charge in [-0.25, -0.2) is 0 Å². The molecule has 2 heteroatoms. The number of hydrogen-bond donors (Lipinski definition) is 0. The van der Waals surface area contributed by atoms with E-state index in [-0.39, 0.29) is 13.9 Å². The molecule has 0 aliphatic carbocycles. The van der Waals surface area contributed by atoms with Gasteiger partial charge in [0.25, 0.3) is 0 Å². The Hall–Kier alpha value is 0.476. The predicted molar refractivity (Wildman–Crippen MR) is 71.1 cm³/mol. The Bertz CT molecular complexity index is 195. The fourth-order valence-electron chi connectivity index (χ4n) is 2.01. The van der Waals surface area contributed by atoms with Gasteiger partial charge in [0, 0.05) is 0 Å². The Morgan fingerprint density at radius 1 is 1.14 bits per heavy atom. The minimum atomic E-state index is -0.934. The molecule has 1 fully saturated rings. The third kappa shape index (κ3) is 3.92. The number of hydrogen-bond acceptors (Lipinski definition) is 0. The van der Waals surface area contributed by atoms with Gasteiger partial charge in [-0.1, -0.05) is 0 Å². The van der Waals surface area contributed by atoms with Crippen molar-refractivity contribution in [2.45, 2.75) is 61.3 Å². The second-order valence-electron chi connectivity index (χ2n) is 5.60. The SMILES string of the molecule is C[C@@H]1CC[C@@H](C)[Se+]1C/C=C/[Si](C)(C)C. The third-order valence-electron chi connectivity index (χ3n) is 2.92. The molecule has 82 valence electrons. The van der Waals surface area contributed by atoms with E-state index in [9.17, 15) is 0 Å². The molecule has 0 N–H and O–H groups in total. The van der Waals surface area contributed by atoms with Crippen LogP contribution in [-0.2, 0) is 0 Å². The van der Waals surface area contributed by atoms with Crippen LogP contribution in [0.5, 0.6) is 0 Å². The van der Waals surface area contributed by atoms with Gasteiger partial charge in [-0.2, -0.15) is 0 Å². The molecule has 1 aliphatic rings. The molecule has 0 bridgehead atoms. The van der Waals surface area contributed by atoms with Gasteiger partial charge in [0.05, 0.1) is 0 Å². The van der Waals surface area contributed by atoms with Crippen molar-refractivity contribution in [1.82, 2.24) is 0 Å². The zero-order valence-electron chi connectivity index (χ0n) is 10.3. The van der Waals surface area contributed by atoms with Crippen LogP contribution in [0.4, 0.5) is 0 Å². The van der Waals surface area contributed by atoms with Crippen molar-refractivity contribution < 1.29 is 0 Å². The first kappa shape index (κ1) is 12.5. The molecule has 0 spiro atoms. The first-order valence-electron chi connectivity index (χ1n) is 5.76. The molecule has 0 amide bonds. The summed E-state index contributed by atoms with van der Waals surface area (Å²) in [6, 6.07) is 0. The summed E-state index contributed by atoms with van der Waals surface area (Å²) in [5, 5.41) is 1.45. The van der Waals surface area contributed by atoms with E-state index in [1.165, 1.54) is 18.2 Å². The molecule has 0 radical (unpaired) electrons. The van der Waals surface area contributed by atoms with Crippen LogP contribution in [0.1, 0.15) is 26.7 Å². The Morgan fingerprint density at radius 3 is 2.07 bits per heavy atom. The molecule has 1 aliphatic heterocycles. The van der Waals surface area contributed by atoms with Crippen molar-refractivity contribution in [1.29, 1.82) is 0 Å². The van der Waals surface area contributed by atoms with Gasteiger partial charge in [0.2, 0.25) is 0 Å². The summed E-state index contributed by atoms with van der Waals surface area (Å²) in [6.45, 7) is 12.2. The van der Waals surface area contributed by atoms with Crippen LogP contribution in [0.25, 0.3) is 0 Å². The molecule has 1 heterocycles. The maximum absolute atomic E-state index is 2.54. The van der Waals surface area contributed by atoms with E-state index in [1.807, 2.05) is 0 Å². The van der Waals surface area contributed by atoms with Gasteiger partial charge in [-0.05, 0) is 0 Å². The topological polar surface area (TPSA) is 0 Å². The van der Waals surface area contributed by atoms with Crippen LogP contribution in [0, 0.1) is 0 Å². The van der Waals surface area contributed by atoms with Crippen molar-refractivity contribution >= 4 is 22.0 Å². The van der Waals surface area contributed by atoms with Gasteiger partial charge >= 0.3 is 95.0 Å². The van der Waals surface area contributed by atoms with Crippen molar-refractivity contribution in [3.05, 3.63) is 11.8 Å². The first-order valence-corrected chi connectivity index (χ1v) is 12.5. The summed E-state index contributed by atoms with van der Waals surface area (Å²) in [4.78, 5) is 2.16. The maximum atomic E-state index is 2.54. The molecule has 2 atom stereocenters. The quantitative estimate of drug-likeness (QED) is 0.666. The van der Waals surface area contributed by atoms with Gasteiger partial charge in [0.15, 0.2) is 0 Å². The fourth-order valence-corrected chi connectivity index (χ4v) is 8.77. The molecule has 0 unspecified atom stereocenters. The molecule has 1 saturated heterocycles. The van der Waals surface area contributed by atoms with E-state index in [1.54, 1.807) is 0 Å². The van der Waals surface area contributed by atoms with Crippen LogP contribution in [0.15, 0.2) is 11.8 Å². The van der Waals surface area contributed by atoms with E-state index in [0.717, 1.165) is 9.63 Å². The first-order chi connectivity index (χ1) is 6.40. The van der Waals surface area contributed by atoms with Crippen molar-refractivity contribution in [3.63, 3.8) is 0 Å². The Kier molecular flexibility index (Phi) is 4.48. The molecule has 14 heavy (non-hydrogen) atoms. The molecule has 0 aromatic heterocycles. The average molecular weight is 276 g/mol. The standard InChI is InChI=1S/C12H25SeSi/c1-11-7-8-12(2)13(11)9-6-10-14(3,4)5/h6,10-12H,7-9H2,1-5H3/q+1/b10-6+/t11-,12-/m1/s1. The second kappa shape index (κ2) is 5.00. The van der Waals surface area contributed by atoms with Gasteiger partial charge < -0.3 is 0 Å². The summed E-state index contributed by atoms with van der Waals surface area (Å²) in [5.41, 5.74) is 2.54. The molecule has 0 aromatic carbocycles. The fraction of sp³-hybridized carbons (Fsp3) is 0.833. The molecular weight excluding hydrogens is 251 g/mol. The van der Waals surface area contributed by atoms with Crippen LogP contribution in [-0.4, -0.2) is 22.0 Å². The summed E-state index contributed by atoms with van der Waals surface area (Å²) >= 11 is -0.285. The Morgan fingerprint density at radius 2 is 1.64 bits per heavy atom. The van der Waals surface area contributed by atoms with Gasteiger partial charge in [-0.3, -0.25) is 0 Å². The summed E-state index contributed by atoms with van der Waals surface area (Å²) in [7, 11) is -0.934. The molecule has 1 rings (SSSR count). The van der Waals surface area contributed by atoms with E-state index in [2.05, 4.69) is 45.3 Å². The van der Waals surface area contributed by atoms with Crippen LogP contribution in [0.2, 0.25) is 34.6 Å². The van der Waals surface area contributed by atoms with Crippen molar-refractivity contribution in [2.24, 2.45) is 0 Å². The predicted octanol–water partition coefficient (Wildman–Crippen LogP) is 4.49. The van der Waals surface area contributed by atoms with Crippen molar-refractivity contribution in [3.8, 4) is 0 Å². The molecular formula is C12H25SeSi+. The van der Waals surface area contributed by atoms with E-state index in [4.69, 9.17) is 0 Å². The Balaban J connectivity index is 2.41. The number of rotatable bonds is 3. The number of allylic oxidation sites excluding steroid dienone is 1. The minimum absolute atomic E-state index is 0.285. The Labute approximate surface area is 95.1 Å². The molecule has 0 saturated carbocycles. The van der Waals surface area contributed by atoms with Crippen molar-refractivity contribution in [2.75, 3.05) is 0 Å². The van der Waals surface area contributed by atoms with Crippen LogP contribution >= 0.6 is 0 Å². The summed E-state index contributed by atoms with van der Waals surface area (Å²) in [5.74, 6) is 0. The normalized spacial score (nSPS) is 30.4. The third-order valence-corrected chi connectivity index (χ3v) is 10.7. The average Bonchev–Trinajstić information content (AvgIpc) is 2.33. The summed E-state index contributed by atoms with van der Waals surface area (Å²) < 4.78 is 0.